The highest BCUT2D eigenvalue weighted by Crippen LogP contribution is 2.23. The molecule has 94 valence electrons. The summed E-state index contributed by atoms with van der Waals surface area (Å²) in [5.74, 6) is 1.09. The van der Waals surface area contributed by atoms with Crippen molar-refractivity contribution in [2.24, 2.45) is 0 Å². The second-order valence-electron chi connectivity index (χ2n) is 4.17. The van der Waals surface area contributed by atoms with Crippen molar-refractivity contribution in [3.05, 3.63) is 58.8 Å². The zero-order chi connectivity index (χ0) is 13.1. The number of thiophene rings is 1. The molecular weight excluding hydrogens is 256 g/mol. The van der Waals surface area contributed by atoms with Gasteiger partial charge in [-0.1, -0.05) is 35.9 Å². The second-order valence-corrected chi connectivity index (χ2v) is 5.11. The molecular formula is C15H12N2OS. The Bertz CT molecular complexity index is 681. The summed E-state index contributed by atoms with van der Waals surface area (Å²) in [4.78, 5) is 0.988. The monoisotopic (exact) mass is 268 g/mol. The number of benzene rings is 1. The predicted molar refractivity (Wildman–Crippen MR) is 77.7 cm³/mol. The van der Waals surface area contributed by atoms with Gasteiger partial charge in [0.25, 0.3) is 5.89 Å². The number of nitrogens with zero attached hydrogens (tertiary/aromatic N) is 2. The molecule has 0 atom stereocenters. The fraction of sp³-hybridized carbons (Fsp3) is 0.0667. The first-order chi connectivity index (χ1) is 9.31. The first-order valence-corrected chi connectivity index (χ1v) is 6.81. The van der Waals surface area contributed by atoms with Crippen molar-refractivity contribution in [2.75, 3.05) is 0 Å². The largest absolute Gasteiger partial charge is 0.416 e. The molecule has 0 fully saturated rings. The molecule has 2 heterocycles. The Balaban J connectivity index is 1.78. The quantitative estimate of drug-likeness (QED) is 0.711. The third kappa shape index (κ3) is 2.80. The summed E-state index contributed by atoms with van der Waals surface area (Å²) in [5, 5.41) is 10.0. The van der Waals surface area contributed by atoms with Crippen LogP contribution in [0.3, 0.4) is 0 Å². The first kappa shape index (κ1) is 11.9. The zero-order valence-electron chi connectivity index (χ0n) is 10.4. The summed E-state index contributed by atoms with van der Waals surface area (Å²) in [6.45, 7) is 2.07. The van der Waals surface area contributed by atoms with E-state index in [-0.39, 0.29) is 0 Å². The number of aromatic nitrogens is 2. The number of hydrogen-bond acceptors (Lipinski definition) is 4. The normalized spacial score (nSPS) is 11.2. The van der Waals surface area contributed by atoms with E-state index in [0.717, 1.165) is 10.4 Å². The van der Waals surface area contributed by atoms with Crippen molar-refractivity contribution in [3.8, 4) is 10.8 Å². The Morgan fingerprint density at radius 2 is 1.89 bits per heavy atom. The summed E-state index contributed by atoms with van der Waals surface area (Å²) >= 11 is 1.59. The molecule has 0 saturated carbocycles. The average molecular weight is 268 g/mol. The minimum absolute atomic E-state index is 0.518. The molecule has 0 amide bonds. The van der Waals surface area contributed by atoms with Gasteiger partial charge in [-0.3, -0.25) is 0 Å². The van der Waals surface area contributed by atoms with Gasteiger partial charge < -0.3 is 4.42 Å². The van der Waals surface area contributed by atoms with Gasteiger partial charge in [-0.05, 0) is 30.0 Å². The van der Waals surface area contributed by atoms with Gasteiger partial charge in [0.15, 0.2) is 0 Å². The summed E-state index contributed by atoms with van der Waals surface area (Å²) in [5.41, 5.74) is 2.36. The van der Waals surface area contributed by atoms with E-state index in [1.54, 1.807) is 11.3 Å². The Labute approximate surface area is 115 Å². The fourth-order valence-electron chi connectivity index (χ4n) is 1.65. The average Bonchev–Trinajstić information content (AvgIpc) is 3.09. The van der Waals surface area contributed by atoms with Gasteiger partial charge in [-0.2, -0.15) is 0 Å². The van der Waals surface area contributed by atoms with Crippen LogP contribution in [0.1, 0.15) is 17.0 Å². The lowest BCUT2D eigenvalue weighted by Gasteiger charge is -1.93. The van der Waals surface area contributed by atoms with E-state index >= 15 is 0 Å². The molecule has 0 bridgehead atoms. The van der Waals surface area contributed by atoms with Crippen molar-refractivity contribution in [3.63, 3.8) is 0 Å². The van der Waals surface area contributed by atoms with Crippen LogP contribution in [0.5, 0.6) is 0 Å². The summed E-state index contributed by atoms with van der Waals surface area (Å²) in [7, 11) is 0. The Kier molecular flexibility index (Phi) is 3.25. The Hall–Kier alpha value is -2.20. The molecule has 0 aliphatic heterocycles. The lowest BCUT2D eigenvalue weighted by atomic mass is 10.1. The van der Waals surface area contributed by atoms with Crippen LogP contribution in [0.2, 0.25) is 0 Å². The van der Waals surface area contributed by atoms with Gasteiger partial charge in [0.2, 0.25) is 5.89 Å². The minimum Gasteiger partial charge on any atom is -0.416 e. The summed E-state index contributed by atoms with van der Waals surface area (Å²) < 4.78 is 5.57. The van der Waals surface area contributed by atoms with Crippen LogP contribution in [0, 0.1) is 6.92 Å². The van der Waals surface area contributed by atoms with Crippen LogP contribution in [0.15, 0.2) is 46.2 Å². The van der Waals surface area contributed by atoms with E-state index in [2.05, 4.69) is 41.4 Å². The molecule has 0 unspecified atom stereocenters. The third-order valence-corrected chi connectivity index (χ3v) is 3.53. The van der Waals surface area contributed by atoms with E-state index in [0.29, 0.717) is 11.8 Å². The number of aryl methyl sites for hydroxylation is 1. The second kappa shape index (κ2) is 5.20. The predicted octanol–water partition coefficient (Wildman–Crippen LogP) is 4.28. The lowest BCUT2D eigenvalue weighted by molar-refractivity contribution is 0.559. The molecule has 3 nitrogen and oxygen atoms in total. The smallest absolute Gasteiger partial charge is 0.258 e. The maximum absolute atomic E-state index is 5.57. The molecule has 1 aromatic carbocycles. The molecule has 0 aliphatic carbocycles. The molecule has 19 heavy (non-hydrogen) atoms. The molecule has 2 aromatic heterocycles. The lowest BCUT2D eigenvalue weighted by Crippen LogP contribution is -1.74. The van der Waals surface area contributed by atoms with Gasteiger partial charge in [0.05, 0.1) is 4.88 Å². The van der Waals surface area contributed by atoms with Crippen LogP contribution in [0.25, 0.3) is 22.9 Å². The van der Waals surface area contributed by atoms with Crippen LogP contribution >= 0.6 is 11.3 Å². The fourth-order valence-corrected chi connectivity index (χ4v) is 2.29. The molecule has 3 rings (SSSR count). The minimum atomic E-state index is 0.518. The van der Waals surface area contributed by atoms with E-state index < -0.39 is 0 Å². The Morgan fingerprint density at radius 3 is 2.63 bits per heavy atom. The van der Waals surface area contributed by atoms with Gasteiger partial charge in [0.1, 0.15) is 0 Å². The van der Waals surface area contributed by atoms with Gasteiger partial charge in [-0.15, -0.1) is 21.5 Å². The molecule has 4 heteroatoms. The molecule has 0 spiro atoms. The van der Waals surface area contributed by atoms with Crippen molar-refractivity contribution in [1.29, 1.82) is 0 Å². The van der Waals surface area contributed by atoms with Crippen LogP contribution < -0.4 is 0 Å². The van der Waals surface area contributed by atoms with Crippen molar-refractivity contribution in [1.82, 2.24) is 10.2 Å². The maximum atomic E-state index is 5.57. The van der Waals surface area contributed by atoms with E-state index in [4.69, 9.17) is 4.42 Å². The molecule has 0 N–H and O–H groups in total. The highest BCUT2D eigenvalue weighted by molar-refractivity contribution is 7.13. The highest BCUT2D eigenvalue weighted by atomic mass is 32.1. The molecule has 0 aliphatic rings. The van der Waals surface area contributed by atoms with Crippen molar-refractivity contribution >= 4 is 23.5 Å². The summed E-state index contributed by atoms with van der Waals surface area (Å²) in [6.07, 6.45) is 3.79. The SMILES string of the molecule is Cc1ccc(C=Cc2nnc(-c3cccs3)o2)cc1. The van der Waals surface area contributed by atoms with Gasteiger partial charge in [0, 0.05) is 6.08 Å². The van der Waals surface area contributed by atoms with Crippen LogP contribution in [-0.2, 0) is 0 Å². The van der Waals surface area contributed by atoms with E-state index in [1.807, 2.05) is 29.7 Å². The highest BCUT2D eigenvalue weighted by Gasteiger charge is 2.06. The molecule has 3 aromatic rings. The first-order valence-electron chi connectivity index (χ1n) is 5.93. The maximum Gasteiger partial charge on any atom is 0.258 e. The van der Waals surface area contributed by atoms with E-state index in [1.165, 1.54) is 5.56 Å². The third-order valence-electron chi connectivity index (χ3n) is 2.67. The Morgan fingerprint density at radius 1 is 1.05 bits per heavy atom. The van der Waals surface area contributed by atoms with E-state index in [9.17, 15) is 0 Å². The van der Waals surface area contributed by atoms with Crippen molar-refractivity contribution in [2.45, 2.75) is 6.92 Å². The zero-order valence-corrected chi connectivity index (χ0v) is 11.2. The van der Waals surface area contributed by atoms with Gasteiger partial charge >= 0.3 is 0 Å². The van der Waals surface area contributed by atoms with Gasteiger partial charge in [-0.25, -0.2) is 0 Å². The van der Waals surface area contributed by atoms with Crippen LogP contribution in [-0.4, -0.2) is 10.2 Å². The van der Waals surface area contributed by atoms with Crippen molar-refractivity contribution < 1.29 is 4.42 Å². The number of rotatable bonds is 3. The topological polar surface area (TPSA) is 38.9 Å². The number of hydrogen-bond donors (Lipinski definition) is 0. The molecule has 0 radical (unpaired) electrons. The van der Waals surface area contributed by atoms with Crippen LogP contribution in [0.4, 0.5) is 0 Å². The standard InChI is InChI=1S/C15H12N2OS/c1-11-4-6-12(7-5-11)8-9-14-16-17-15(18-14)13-3-2-10-19-13/h2-10H,1H3. The summed E-state index contributed by atoms with van der Waals surface area (Å²) in [6, 6.07) is 12.2. The molecule has 0 saturated heterocycles.